The van der Waals surface area contributed by atoms with Gasteiger partial charge in [-0.25, -0.2) is 0 Å². The van der Waals surface area contributed by atoms with Crippen molar-refractivity contribution in [2.24, 2.45) is 0 Å². The molecule has 0 aliphatic carbocycles. The molecule has 0 atom stereocenters. The fraction of sp³-hybridized carbons (Fsp3) is 0.143. The van der Waals surface area contributed by atoms with Crippen molar-refractivity contribution in [1.29, 1.82) is 0 Å². The molecule has 0 radical (unpaired) electrons. The summed E-state index contributed by atoms with van der Waals surface area (Å²) in [5.41, 5.74) is 3.36. The van der Waals surface area contributed by atoms with Gasteiger partial charge in [-0.1, -0.05) is 6.07 Å². The number of pyridine rings is 1. The molecular formula is C14H13NO2. The van der Waals surface area contributed by atoms with Crippen LogP contribution in [0.4, 0.5) is 0 Å². The lowest BCUT2D eigenvalue weighted by Crippen LogP contribution is -1.91. The van der Waals surface area contributed by atoms with Gasteiger partial charge in [-0.3, -0.25) is 9.78 Å². The van der Waals surface area contributed by atoms with Gasteiger partial charge in [-0.05, 0) is 36.8 Å². The Kier molecular flexibility index (Phi) is 3.19. The van der Waals surface area contributed by atoms with Crippen LogP contribution >= 0.6 is 0 Å². The number of ether oxygens (including phenoxy) is 1. The van der Waals surface area contributed by atoms with E-state index >= 15 is 0 Å². The Morgan fingerprint density at radius 3 is 2.65 bits per heavy atom. The van der Waals surface area contributed by atoms with Crippen LogP contribution < -0.4 is 4.74 Å². The number of hydrogen-bond acceptors (Lipinski definition) is 3. The van der Waals surface area contributed by atoms with Crippen LogP contribution in [-0.4, -0.2) is 18.4 Å². The molecule has 0 bridgehead atoms. The number of carbonyl (C=O) groups excluding carboxylic acids is 1. The van der Waals surface area contributed by atoms with Crippen molar-refractivity contribution in [1.82, 2.24) is 4.98 Å². The Labute approximate surface area is 100 Å². The van der Waals surface area contributed by atoms with E-state index < -0.39 is 0 Å². The van der Waals surface area contributed by atoms with E-state index in [1.807, 2.05) is 31.2 Å². The smallest absolute Gasteiger partial charge is 0.150 e. The maximum Gasteiger partial charge on any atom is 0.150 e. The number of nitrogens with zero attached hydrogens (tertiary/aromatic N) is 1. The zero-order chi connectivity index (χ0) is 12.3. The first-order valence-electron chi connectivity index (χ1n) is 5.31. The molecule has 1 aromatic heterocycles. The van der Waals surface area contributed by atoms with E-state index in [0.29, 0.717) is 11.3 Å². The van der Waals surface area contributed by atoms with Crippen LogP contribution in [0.2, 0.25) is 0 Å². The van der Waals surface area contributed by atoms with E-state index in [-0.39, 0.29) is 0 Å². The zero-order valence-corrected chi connectivity index (χ0v) is 9.81. The van der Waals surface area contributed by atoms with Gasteiger partial charge in [0.05, 0.1) is 7.11 Å². The van der Waals surface area contributed by atoms with Crippen molar-refractivity contribution in [3.05, 3.63) is 47.8 Å². The molecule has 0 N–H and O–H groups in total. The molecule has 1 heterocycles. The quantitative estimate of drug-likeness (QED) is 0.757. The van der Waals surface area contributed by atoms with Crippen LogP contribution in [0.5, 0.6) is 5.75 Å². The molecule has 3 nitrogen and oxygen atoms in total. The summed E-state index contributed by atoms with van der Waals surface area (Å²) in [6.45, 7) is 1.93. The average molecular weight is 227 g/mol. The van der Waals surface area contributed by atoms with Crippen LogP contribution in [0.15, 0.2) is 36.5 Å². The minimum absolute atomic E-state index is 0.606. The molecule has 2 aromatic rings. The van der Waals surface area contributed by atoms with Gasteiger partial charge >= 0.3 is 0 Å². The van der Waals surface area contributed by atoms with Gasteiger partial charge in [0.15, 0.2) is 6.29 Å². The third kappa shape index (κ3) is 2.33. The lowest BCUT2D eigenvalue weighted by atomic mass is 10.0. The Balaban J connectivity index is 2.51. The predicted octanol–water partition coefficient (Wildman–Crippen LogP) is 2.88. The van der Waals surface area contributed by atoms with Crippen LogP contribution in [0.1, 0.15) is 16.1 Å². The zero-order valence-electron chi connectivity index (χ0n) is 9.81. The summed E-state index contributed by atoms with van der Waals surface area (Å²) < 4.78 is 5.09. The normalized spacial score (nSPS) is 10.0. The molecule has 2 rings (SSSR count). The Bertz CT molecular complexity index is 532. The Hall–Kier alpha value is -2.16. The summed E-state index contributed by atoms with van der Waals surface area (Å²) >= 11 is 0. The van der Waals surface area contributed by atoms with E-state index in [2.05, 4.69) is 4.98 Å². The molecule has 0 saturated heterocycles. The highest BCUT2D eigenvalue weighted by Gasteiger charge is 2.06. The number of carbonyl (C=O) groups is 1. The molecule has 0 spiro atoms. The summed E-state index contributed by atoms with van der Waals surface area (Å²) in [6.07, 6.45) is 2.60. The highest BCUT2D eigenvalue weighted by atomic mass is 16.5. The monoisotopic (exact) mass is 227 g/mol. The molecule has 0 aliphatic rings. The highest BCUT2D eigenvalue weighted by molar-refractivity contribution is 5.88. The number of aromatic nitrogens is 1. The van der Waals surface area contributed by atoms with Crippen molar-refractivity contribution in [2.45, 2.75) is 6.92 Å². The van der Waals surface area contributed by atoms with Gasteiger partial charge in [0.1, 0.15) is 5.75 Å². The minimum Gasteiger partial charge on any atom is -0.497 e. The van der Waals surface area contributed by atoms with Crippen molar-refractivity contribution in [2.75, 3.05) is 7.11 Å². The molecule has 0 amide bonds. The second-order valence-electron chi connectivity index (χ2n) is 3.76. The first-order valence-corrected chi connectivity index (χ1v) is 5.31. The van der Waals surface area contributed by atoms with Gasteiger partial charge < -0.3 is 4.74 Å². The molecule has 0 aliphatic heterocycles. The van der Waals surface area contributed by atoms with Crippen molar-refractivity contribution >= 4 is 6.29 Å². The number of hydrogen-bond donors (Lipinski definition) is 0. The second kappa shape index (κ2) is 4.78. The Morgan fingerprint density at radius 2 is 2.06 bits per heavy atom. The fourth-order valence-corrected chi connectivity index (χ4v) is 1.66. The standard InChI is InChI=1S/C14H13NO2/c1-10-3-4-11(8-15-10)14-6-5-13(17-2)7-12(14)9-16/h3-9H,1-2H3. The van der Waals surface area contributed by atoms with E-state index in [1.54, 1.807) is 19.4 Å². The maximum absolute atomic E-state index is 11.1. The number of aldehydes is 1. The molecule has 0 saturated carbocycles. The predicted molar refractivity (Wildman–Crippen MR) is 66.3 cm³/mol. The third-order valence-electron chi connectivity index (χ3n) is 2.61. The van der Waals surface area contributed by atoms with E-state index in [1.165, 1.54) is 0 Å². The topological polar surface area (TPSA) is 39.2 Å². The average Bonchev–Trinajstić information content (AvgIpc) is 2.39. The third-order valence-corrected chi connectivity index (χ3v) is 2.61. The fourth-order valence-electron chi connectivity index (χ4n) is 1.66. The van der Waals surface area contributed by atoms with Gasteiger partial charge in [0.2, 0.25) is 0 Å². The lowest BCUT2D eigenvalue weighted by Gasteiger charge is -2.07. The number of benzene rings is 1. The number of aryl methyl sites for hydroxylation is 1. The minimum atomic E-state index is 0.606. The van der Waals surface area contributed by atoms with Crippen molar-refractivity contribution < 1.29 is 9.53 Å². The number of rotatable bonds is 3. The molecule has 1 aromatic carbocycles. The van der Waals surface area contributed by atoms with E-state index in [9.17, 15) is 4.79 Å². The van der Waals surface area contributed by atoms with Crippen LogP contribution in [0.3, 0.4) is 0 Å². The second-order valence-corrected chi connectivity index (χ2v) is 3.76. The molecule has 0 fully saturated rings. The summed E-state index contributed by atoms with van der Waals surface area (Å²) in [5, 5.41) is 0. The van der Waals surface area contributed by atoms with Gasteiger partial charge in [0, 0.05) is 23.0 Å². The van der Waals surface area contributed by atoms with Crippen molar-refractivity contribution in [3.8, 4) is 16.9 Å². The lowest BCUT2D eigenvalue weighted by molar-refractivity contribution is 0.112. The first kappa shape index (κ1) is 11.3. The van der Waals surface area contributed by atoms with E-state index in [4.69, 9.17) is 4.74 Å². The summed E-state index contributed by atoms with van der Waals surface area (Å²) in [7, 11) is 1.58. The van der Waals surface area contributed by atoms with Crippen LogP contribution in [-0.2, 0) is 0 Å². The number of methoxy groups -OCH3 is 1. The first-order chi connectivity index (χ1) is 8.24. The highest BCUT2D eigenvalue weighted by Crippen LogP contribution is 2.25. The van der Waals surface area contributed by atoms with Crippen LogP contribution in [0.25, 0.3) is 11.1 Å². The van der Waals surface area contributed by atoms with Gasteiger partial charge in [-0.15, -0.1) is 0 Å². The van der Waals surface area contributed by atoms with Crippen LogP contribution in [0, 0.1) is 6.92 Å². The van der Waals surface area contributed by atoms with Crippen molar-refractivity contribution in [3.63, 3.8) is 0 Å². The molecule has 17 heavy (non-hydrogen) atoms. The summed E-state index contributed by atoms with van der Waals surface area (Å²) in [6, 6.07) is 9.31. The Morgan fingerprint density at radius 1 is 1.24 bits per heavy atom. The maximum atomic E-state index is 11.1. The van der Waals surface area contributed by atoms with E-state index in [0.717, 1.165) is 23.1 Å². The molecule has 86 valence electrons. The molecular weight excluding hydrogens is 214 g/mol. The summed E-state index contributed by atoms with van der Waals surface area (Å²) in [5.74, 6) is 0.677. The summed E-state index contributed by atoms with van der Waals surface area (Å²) in [4.78, 5) is 15.3. The SMILES string of the molecule is COc1ccc(-c2ccc(C)nc2)c(C=O)c1. The van der Waals surface area contributed by atoms with Gasteiger partial charge in [0.25, 0.3) is 0 Å². The molecule has 3 heteroatoms. The molecule has 0 unspecified atom stereocenters. The van der Waals surface area contributed by atoms with Gasteiger partial charge in [-0.2, -0.15) is 0 Å². The largest absolute Gasteiger partial charge is 0.497 e.